The van der Waals surface area contributed by atoms with Crippen LogP contribution in [0, 0.1) is 17.5 Å². The molecule has 1 nitrogen and oxygen atoms in total. The number of rotatable bonds is 4. The van der Waals surface area contributed by atoms with Crippen LogP contribution in [0.5, 0.6) is 0 Å². The molecule has 0 saturated carbocycles. The fourth-order valence-corrected chi connectivity index (χ4v) is 2.15. The van der Waals surface area contributed by atoms with Gasteiger partial charge in [-0.1, -0.05) is 23.7 Å². The van der Waals surface area contributed by atoms with Crippen molar-refractivity contribution >= 4 is 11.6 Å². The van der Waals surface area contributed by atoms with Crippen molar-refractivity contribution in [2.45, 2.75) is 19.5 Å². The first kappa shape index (κ1) is 14.9. The van der Waals surface area contributed by atoms with Gasteiger partial charge in [0.2, 0.25) is 0 Å². The molecule has 1 unspecified atom stereocenters. The molecular formula is C15H13ClF3N. The van der Waals surface area contributed by atoms with Crippen molar-refractivity contribution in [3.63, 3.8) is 0 Å². The highest BCUT2D eigenvalue weighted by atomic mass is 35.5. The minimum atomic E-state index is -0.595. The first-order chi connectivity index (χ1) is 9.49. The largest absolute Gasteiger partial charge is 0.306 e. The molecular weight excluding hydrogens is 287 g/mol. The average molecular weight is 300 g/mol. The molecule has 1 N–H and O–H groups in total. The highest BCUT2D eigenvalue weighted by Crippen LogP contribution is 2.21. The summed E-state index contributed by atoms with van der Waals surface area (Å²) in [5, 5.41) is 3.00. The van der Waals surface area contributed by atoms with E-state index in [2.05, 4.69) is 5.32 Å². The maximum Gasteiger partial charge on any atom is 0.141 e. The zero-order valence-corrected chi connectivity index (χ0v) is 11.5. The molecule has 1 atom stereocenters. The van der Waals surface area contributed by atoms with Gasteiger partial charge >= 0.3 is 0 Å². The number of halogens is 4. The molecule has 0 saturated heterocycles. The van der Waals surface area contributed by atoms with E-state index in [4.69, 9.17) is 11.6 Å². The third kappa shape index (κ3) is 3.32. The first-order valence-electron chi connectivity index (χ1n) is 6.10. The maximum atomic E-state index is 13.6. The van der Waals surface area contributed by atoms with Gasteiger partial charge in [0.1, 0.15) is 17.5 Å². The quantitative estimate of drug-likeness (QED) is 0.869. The van der Waals surface area contributed by atoms with Crippen LogP contribution in [0.3, 0.4) is 0 Å². The summed E-state index contributed by atoms with van der Waals surface area (Å²) in [4.78, 5) is 0. The van der Waals surface area contributed by atoms with Crippen molar-refractivity contribution in [1.29, 1.82) is 0 Å². The molecule has 0 fully saturated rings. The summed E-state index contributed by atoms with van der Waals surface area (Å²) in [6.45, 7) is 1.99. The summed E-state index contributed by atoms with van der Waals surface area (Å²) in [6, 6.07) is 7.54. The lowest BCUT2D eigenvalue weighted by molar-refractivity contribution is 0.487. The van der Waals surface area contributed by atoms with E-state index >= 15 is 0 Å². The van der Waals surface area contributed by atoms with Gasteiger partial charge in [-0.15, -0.1) is 0 Å². The van der Waals surface area contributed by atoms with Gasteiger partial charge in [0, 0.05) is 18.2 Å². The van der Waals surface area contributed by atoms with Gasteiger partial charge in [0.05, 0.1) is 5.02 Å². The molecule has 0 aliphatic rings. The summed E-state index contributed by atoms with van der Waals surface area (Å²) in [5.74, 6) is -1.69. The van der Waals surface area contributed by atoms with Crippen LogP contribution in [0.25, 0.3) is 0 Å². The normalized spacial score (nSPS) is 12.4. The van der Waals surface area contributed by atoms with Crippen LogP contribution in [0.4, 0.5) is 13.2 Å². The fourth-order valence-electron chi connectivity index (χ4n) is 1.95. The van der Waals surface area contributed by atoms with Gasteiger partial charge in [-0.3, -0.25) is 0 Å². The molecule has 2 rings (SSSR count). The minimum absolute atomic E-state index is 0.0132. The van der Waals surface area contributed by atoms with E-state index in [0.717, 1.165) is 5.56 Å². The molecule has 0 aromatic heterocycles. The molecule has 2 aromatic carbocycles. The molecule has 0 heterocycles. The Hall–Kier alpha value is -1.52. The molecule has 0 aliphatic carbocycles. The third-order valence-electron chi connectivity index (χ3n) is 3.03. The van der Waals surface area contributed by atoms with Crippen LogP contribution in [0.1, 0.15) is 24.1 Å². The Morgan fingerprint density at radius 3 is 2.30 bits per heavy atom. The average Bonchev–Trinajstić information content (AvgIpc) is 2.40. The summed E-state index contributed by atoms with van der Waals surface area (Å²) in [7, 11) is 0. The van der Waals surface area contributed by atoms with Crippen LogP contribution in [0.2, 0.25) is 5.02 Å². The smallest absolute Gasteiger partial charge is 0.141 e. The zero-order valence-electron chi connectivity index (χ0n) is 10.8. The number of hydrogen-bond acceptors (Lipinski definition) is 1. The Morgan fingerprint density at radius 2 is 1.70 bits per heavy atom. The Morgan fingerprint density at radius 1 is 1.05 bits per heavy atom. The van der Waals surface area contributed by atoms with Crippen LogP contribution in [-0.4, -0.2) is 0 Å². The van der Waals surface area contributed by atoms with Gasteiger partial charge in [-0.25, -0.2) is 13.2 Å². The molecule has 0 radical (unpaired) electrons. The van der Waals surface area contributed by atoms with E-state index in [-0.39, 0.29) is 10.6 Å². The first-order valence-corrected chi connectivity index (χ1v) is 6.48. The standard InChI is InChI=1S/C15H13ClF3N/c1-9(15-13(18)3-2-4-14(15)19)20-8-10-5-6-12(17)11(16)7-10/h2-7,9,20H,8H2,1H3. The molecule has 106 valence electrons. The van der Waals surface area contributed by atoms with Gasteiger partial charge < -0.3 is 5.32 Å². The molecule has 2 aromatic rings. The molecule has 20 heavy (non-hydrogen) atoms. The van der Waals surface area contributed by atoms with E-state index in [1.54, 1.807) is 13.0 Å². The number of benzene rings is 2. The monoisotopic (exact) mass is 299 g/mol. The summed E-state index contributed by atoms with van der Waals surface area (Å²) in [6.07, 6.45) is 0. The third-order valence-corrected chi connectivity index (χ3v) is 3.32. The Labute approximate surface area is 120 Å². The zero-order chi connectivity index (χ0) is 14.7. The van der Waals surface area contributed by atoms with Gasteiger partial charge in [0.15, 0.2) is 0 Å². The van der Waals surface area contributed by atoms with E-state index in [1.807, 2.05) is 0 Å². The molecule has 0 spiro atoms. The lowest BCUT2D eigenvalue weighted by Crippen LogP contribution is -2.20. The van der Waals surface area contributed by atoms with Crippen molar-refractivity contribution in [2.24, 2.45) is 0 Å². The minimum Gasteiger partial charge on any atom is -0.306 e. The highest BCUT2D eigenvalue weighted by molar-refractivity contribution is 6.30. The predicted molar refractivity (Wildman–Crippen MR) is 73.0 cm³/mol. The summed E-state index contributed by atoms with van der Waals surface area (Å²) in [5.41, 5.74) is 0.723. The van der Waals surface area contributed by atoms with Gasteiger partial charge in [-0.2, -0.15) is 0 Å². The SMILES string of the molecule is CC(NCc1ccc(F)c(Cl)c1)c1c(F)cccc1F. The van der Waals surface area contributed by atoms with Crippen LogP contribution < -0.4 is 5.32 Å². The fraction of sp³-hybridized carbons (Fsp3) is 0.200. The highest BCUT2D eigenvalue weighted by Gasteiger charge is 2.15. The van der Waals surface area contributed by atoms with E-state index in [1.165, 1.54) is 30.3 Å². The van der Waals surface area contributed by atoms with E-state index in [9.17, 15) is 13.2 Å². The van der Waals surface area contributed by atoms with Crippen molar-refractivity contribution in [2.75, 3.05) is 0 Å². The van der Waals surface area contributed by atoms with E-state index < -0.39 is 23.5 Å². The second-order valence-electron chi connectivity index (χ2n) is 4.49. The van der Waals surface area contributed by atoms with Crippen LogP contribution >= 0.6 is 11.6 Å². The Bertz CT molecular complexity index is 596. The second-order valence-corrected chi connectivity index (χ2v) is 4.89. The van der Waals surface area contributed by atoms with Crippen molar-refractivity contribution in [3.8, 4) is 0 Å². The van der Waals surface area contributed by atoms with Gasteiger partial charge in [0.25, 0.3) is 0 Å². The second kappa shape index (κ2) is 6.29. The van der Waals surface area contributed by atoms with Crippen LogP contribution in [-0.2, 0) is 6.54 Å². The van der Waals surface area contributed by atoms with Crippen molar-refractivity contribution in [1.82, 2.24) is 5.32 Å². The maximum absolute atomic E-state index is 13.6. The Kier molecular flexibility index (Phi) is 4.68. The number of hydrogen-bond donors (Lipinski definition) is 1. The van der Waals surface area contributed by atoms with Gasteiger partial charge in [-0.05, 0) is 36.8 Å². The summed E-state index contributed by atoms with van der Waals surface area (Å²) >= 11 is 5.67. The molecule has 0 bridgehead atoms. The topological polar surface area (TPSA) is 12.0 Å². The van der Waals surface area contributed by atoms with Crippen LogP contribution in [0.15, 0.2) is 36.4 Å². The Balaban J connectivity index is 2.08. The lowest BCUT2D eigenvalue weighted by Gasteiger charge is -2.16. The number of nitrogens with one attached hydrogen (secondary N) is 1. The lowest BCUT2D eigenvalue weighted by atomic mass is 10.1. The van der Waals surface area contributed by atoms with Crippen molar-refractivity contribution < 1.29 is 13.2 Å². The molecule has 5 heteroatoms. The molecule has 0 aliphatic heterocycles. The molecule has 0 amide bonds. The van der Waals surface area contributed by atoms with E-state index in [0.29, 0.717) is 6.54 Å². The predicted octanol–water partition coefficient (Wildman–Crippen LogP) is 4.61. The van der Waals surface area contributed by atoms with Crippen molar-refractivity contribution in [3.05, 3.63) is 70.0 Å². The summed E-state index contributed by atoms with van der Waals surface area (Å²) < 4.78 is 40.2.